The first-order chi connectivity index (χ1) is 0. The summed E-state index contributed by atoms with van der Waals surface area (Å²) in [5, 5.41) is 0. The standard InChI is InChI=1S/2K.4Si. The minimum Gasteiger partial charge on any atom is 0 e. The summed E-state index contributed by atoms with van der Waals surface area (Å²) in [5.41, 5.74) is 0. The van der Waals surface area contributed by atoms with E-state index in [4.69, 9.17) is 0 Å². The fourth-order valence-corrected chi connectivity index (χ4v) is 0. The van der Waals surface area contributed by atoms with Gasteiger partial charge in [-0.15, -0.1) is 0 Å². The molecule has 0 saturated carbocycles. The Labute approximate surface area is 142 Å². The Bertz CT molecular complexity index is 5.51. The van der Waals surface area contributed by atoms with Gasteiger partial charge in [0.15, 0.2) is 0 Å². The molecule has 0 nitrogen and oxygen atoms in total. The van der Waals surface area contributed by atoms with Crippen LogP contribution >= 0.6 is 0 Å². The van der Waals surface area contributed by atoms with E-state index in [9.17, 15) is 0 Å². The predicted octanol–water partition coefficient (Wildman–Crippen LogP) is -2.28. The molecule has 0 aromatic carbocycles. The summed E-state index contributed by atoms with van der Waals surface area (Å²) in [6, 6.07) is 0. The van der Waals surface area contributed by atoms with E-state index in [2.05, 4.69) is 0 Å². The van der Waals surface area contributed by atoms with Crippen LogP contribution in [0.3, 0.4) is 0 Å². The zero-order valence-electron chi connectivity index (χ0n) is 4.00. The molecule has 18 valence electrons. The summed E-state index contributed by atoms with van der Waals surface area (Å²) in [6.45, 7) is 0. The second-order valence-corrected chi connectivity index (χ2v) is 0. The molecule has 0 amide bonds. The summed E-state index contributed by atoms with van der Waals surface area (Å²) < 4.78 is 0. The molecule has 0 atom stereocenters. The van der Waals surface area contributed by atoms with Crippen LogP contribution in [0.5, 0.6) is 0 Å². The van der Waals surface area contributed by atoms with Crippen LogP contribution in [0, 0.1) is 0 Å². The van der Waals surface area contributed by atoms with Crippen molar-refractivity contribution in [1.82, 2.24) is 0 Å². The summed E-state index contributed by atoms with van der Waals surface area (Å²) in [5.74, 6) is 0. The maximum Gasteiger partial charge on any atom is 0 e. The predicted molar refractivity (Wildman–Crippen MR) is 34.5 cm³/mol. The van der Waals surface area contributed by atoms with Crippen LogP contribution in [0.25, 0.3) is 0 Å². The minimum absolute atomic E-state index is 0. The SMILES string of the molecule is [K].[K].[Si].[Si].[Si].[Si]. The van der Waals surface area contributed by atoms with Gasteiger partial charge in [-0.3, -0.25) is 0 Å². The molecule has 0 aliphatic rings. The van der Waals surface area contributed by atoms with E-state index in [0.717, 1.165) is 0 Å². The van der Waals surface area contributed by atoms with E-state index in [1.165, 1.54) is 0 Å². The summed E-state index contributed by atoms with van der Waals surface area (Å²) in [6.07, 6.45) is 0. The molecule has 0 N–H and O–H groups in total. The Balaban J connectivity index is 0. The average Bonchev–Trinajstić information content (AvgIpc) is 0. The quantitative estimate of drug-likeness (QED) is 0.378. The number of rotatable bonds is 0. The minimum atomic E-state index is 0. The molecule has 0 rings (SSSR count). The number of hydrogen-bond donors (Lipinski definition) is 0. The fraction of sp³-hybridized carbons (Fsp3) is 0. The third kappa shape index (κ3) is 24.2. The molecule has 18 radical (unpaired) electrons. The first-order valence-electron chi connectivity index (χ1n) is 0. The van der Waals surface area contributed by atoms with Crippen LogP contribution < -0.4 is 0 Å². The van der Waals surface area contributed by atoms with Crippen LogP contribution in [-0.4, -0.2) is 147 Å². The van der Waals surface area contributed by atoms with Crippen LogP contribution in [0.15, 0.2) is 0 Å². The molecule has 0 unspecified atom stereocenters. The van der Waals surface area contributed by atoms with Crippen molar-refractivity contribution in [2.75, 3.05) is 0 Å². The Morgan fingerprint density at radius 3 is 0.333 bits per heavy atom. The molecule has 0 fully saturated rings. The van der Waals surface area contributed by atoms with E-state index >= 15 is 0 Å². The van der Waals surface area contributed by atoms with Crippen molar-refractivity contribution in [3.8, 4) is 0 Å². The Hall–Kier alpha value is 4.14. The van der Waals surface area contributed by atoms with Gasteiger partial charge in [-0.25, -0.2) is 0 Å². The zero-order chi connectivity index (χ0) is 0. The fourth-order valence-electron chi connectivity index (χ4n) is 0. The van der Waals surface area contributed by atoms with Crippen molar-refractivity contribution in [1.29, 1.82) is 0 Å². The molecule has 6 heavy (non-hydrogen) atoms. The Kier molecular flexibility index (Phi) is 291. The van der Waals surface area contributed by atoms with E-state index in [1.807, 2.05) is 0 Å². The van der Waals surface area contributed by atoms with Gasteiger partial charge in [-0.2, -0.15) is 0 Å². The second-order valence-electron chi connectivity index (χ2n) is 0. The van der Waals surface area contributed by atoms with Gasteiger partial charge in [0.05, 0.1) is 0 Å². The second kappa shape index (κ2) is 35.3. The van der Waals surface area contributed by atoms with Gasteiger partial charge in [0.1, 0.15) is 0 Å². The van der Waals surface area contributed by atoms with Crippen LogP contribution in [-0.2, 0) is 0 Å². The molecule has 0 aromatic heterocycles. The van der Waals surface area contributed by atoms with E-state index in [-0.39, 0.29) is 147 Å². The maximum absolute atomic E-state index is 0. The van der Waals surface area contributed by atoms with Gasteiger partial charge < -0.3 is 0 Å². The van der Waals surface area contributed by atoms with Crippen molar-refractivity contribution < 1.29 is 0 Å². The first-order valence-corrected chi connectivity index (χ1v) is 0. The largest absolute Gasteiger partial charge is 0 e. The summed E-state index contributed by atoms with van der Waals surface area (Å²) in [7, 11) is 0. The van der Waals surface area contributed by atoms with Crippen molar-refractivity contribution in [2.45, 2.75) is 0 Å². The van der Waals surface area contributed by atoms with Crippen molar-refractivity contribution >= 4 is 147 Å². The van der Waals surface area contributed by atoms with Crippen LogP contribution in [0.4, 0.5) is 0 Å². The smallest absolute Gasteiger partial charge is 0 e. The maximum atomic E-state index is 0. The molecule has 0 spiro atoms. The monoisotopic (exact) mass is 190 g/mol. The van der Waals surface area contributed by atoms with Crippen LogP contribution in [0.1, 0.15) is 0 Å². The molecule has 0 saturated heterocycles. The van der Waals surface area contributed by atoms with E-state index in [1.54, 1.807) is 0 Å². The molecule has 0 aromatic rings. The summed E-state index contributed by atoms with van der Waals surface area (Å²) >= 11 is 0. The number of hydrogen-bond acceptors (Lipinski definition) is 0. The first kappa shape index (κ1) is 49.4. The molecule has 6 heteroatoms. The van der Waals surface area contributed by atoms with Crippen LogP contribution in [0.2, 0.25) is 0 Å². The molecule has 0 heterocycles. The molecule has 0 aliphatic carbocycles. The Morgan fingerprint density at radius 1 is 0.333 bits per heavy atom. The molecule has 0 aliphatic heterocycles. The van der Waals surface area contributed by atoms with Crippen molar-refractivity contribution in [2.24, 2.45) is 0 Å². The van der Waals surface area contributed by atoms with Gasteiger partial charge in [0.25, 0.3) is 0 Å². The van der Waals surface area contributed by atoms with E-state index in [0.29, 0.717) is 0 Å². The van der Waals surface area contributed by atoms with E-state index < -0.39 is 0 Å². The van der Waals surface area contributed by atoms with Gasteiger partial charge in [0, 0.05) is 147 Å². The zero-order valence-corrected chi connectivity index (χ0v) is 14.2. The molecule has 0 bridgehead atoms. The third-order valence-corrected chi connectivity index (χ3v) is 0. The summed E-state index contributed by atoms with van der Waals surface area (Å²) in [4.78, 5) is 0. The molecular formula is K2Si4. The van der Waals surface area contributed by atoms with Gasteiger partial charge in [-0.1, -0.05) is 0 Å². The Morgan fingerprint density at radius 2 is 0.333 bits per heavy atom. The average molecular weight is 191 g/mol. The molecular weight excluding hydrogens is 191 g/mol. The normalized spacial score (nSPS) is 0. The van der Waals surface area contributed by atoms with Gasteiger partial charge in [-0.05, 0) is 0 Å². The van der Waals surface area contributed by atoms with Gasteiger partial charge >= 0.3 is 0 Å². The topological polar surface area (TPSA) is 0 Å². The van der Waals surface area contributed by atoms with Crippen molar-refractivity contribution in [3.05, 3.63) is 0 Å². The third-order valence-electron chi connectivity index (χ3n) is 0. The van der Waals surface area contributed by atoms with Gasteiger partial charge in [0.2, 0.25) is 0 Å². The van der Waals surface area contributed by atoms with Crippen molar-refractivity contribution in [3.63, 3.8) is 0 Å².